The van der Waals surface area contributed by atoms with Gasteiger partial charge in [0.15, 0.2) is 6.10 Å². The Balaban J connectivity index is 1.83. The summed E-state index contributed by atoms with van der Waals surface area (Å²) in [7, 11) is 0. The Labute approximate surface area is 153 Å². The second-order valence-corrected chi connectivity index (χ2v) is 6.28. The molecular formula is C17H16BrClN2O3. The zero-order chi connectivity index (χ0) is 17.5. The molecule has 3 amide bonds. The molecule has 0 saturated heterocycles. The van der Waals surface area contributed by atoms with Gasteiger partial charge in [-0.25, -0.2) is 4.79 Å². The molecule has 2 N–H and O–H groups in total. The summed E-state index contributed by atoms with van der Waals surface area (Å²) in [5.41, 5.74) is 0.939. The largest absolute Gasteiger partial charge is 0.480 e. The predicted octanol–water partition coefficient (Wildman–Crippen LogP) is 3.90. The number of hydrogen-bond donors (Lipinski definition) is 2. The van der Waals surface area contributed by atoms with E-state index in [1.165, 1.54) is 0 Å². The van der Waals surface area contributed by atoms with Crippen LogP contribution in [0, 0.1) is 0 Å². The Morgan fingerprint density at radius 2 is 1.92 bits per heavy atom. The Morgan fingerprint density at radius 1 is 1.21 bits per heavy atom. The minimum atomic E-state index is -0.843. The summed E-state index contributed by atoms with van der Waals surface area (Å²) in [6, 6.07) is 13.8. The van der Waals surface area contributed by atoms with Crippen molar-refractivity contribution in [2.45, 2.75) is 19.6 Å². The lowest BCUT2D eigenvalue weighted by molar-refractivity contribution is -0.126. The normalized spacial score (nSPS) is 11.5. The van der Waals surface area contributed by atoms with Gasteiger partial charge < -0.3 is 10.1 Å². The van der Waals surface area contributed by atoms with Crippen LogP contribution in [0.5, 0.6) is 5.75 Å². The molecule has 126 valence electrons. The molecule has 0 heterocycles. The average molecular weight is 412 g/mol. The first-order chi connectivity index (χ1) is 11.5. The van der Waals surface area contributed by atoms with Crippen molar-refractivity contribution in [2.75, 3.05) is 0 Å². The molecule has 0 saturated carbocycles. The Bertz CT molecular complexity index is 725. The third-order valence-electron chi connectivity index (χ3n) is 3.10. The highest BCUT2D eigenvalue weighted by Crippen LogP contribution is 2.28. The zero-order valence-corrected chi connectivity index (χ0v) is 15.2. The predicted molar refractivity (Wildman–Crippen MR) is 96.1 cm³/mol. The highest BCUT2D eigenvalue weighted by atomic mass is 79.9. The Kier molecular flexibility index (Phi) is 6.63. The van der Waals surface area contributed by atoms with Crippen molar-refractivity contribution in [2.24, 2.45) is 0 Å². The maximum atomic E-state index is 12.0. The third kappa shape index (κ3) is 5.54. The number of rotatable bonds is 5. The molecule has 5 nitrogen and oxygen atoms in total. The van der Waals surface area contributed by atoms with Crippen LogP contribution in [0.15, 0.2) is 53.0 Å². The van der Waals surface area contributed by atoms with E-state index in [2.05, 4.69) is 26.6 Å². The topological polar surface area (TPSA) is 67.4 Å². The van der Waals surface area contributed by atoms with Crippen molar-refractivity contribution in [1.29, 1.82) is 0 Å². The van der Waals surface area contributed by atoms with Gasteiger partial charge in [0.2, 0.25) is 0 Å². The summed E-state index contributed by atoms with van der Waals surface area (Å²) >= 11 is 9.16. The van der Waals surface area contributed by atoms with Gasteiger partial charge in [-0.1, -0.05) is 41.9 Å². The smallest absolute Gasteiger partial charge is 0.321 e. The molecule has 0 bridgehead atoms. The fourth-order valence-electron chi connectivity index (χ4n) is 1.85. The van der Waals surface area contributed by atoms with Crippen LogP contribution in [0.4, 0.5) is 4.79 Å². The molecule has 0 aliphatic carbocycles. The number of ether oxygens (including phenoxy) is 1. The lowest BCUT2D eigenvalue weighted by Crippen LogP contribution is -2.44. The van der Waals surface area contributed by atoms with Gasteiger partial charge in [0.05, 0.1) is 4.47 Å². The lowest BCUT2D eigenvalue weighted by Gasteiger charge is -2.15. The highest BCUT2D eigenvalue weighted by molar-refractivity contribution is 9.10. The quantitative estimate of drug-likeness (QED) is 0.784. The van der Waals surface area contributed by atoms with Crippen molar-refractivity contribution in [1.82, 2.24) is 10.6 Å². The van der Waals surface area contributed by atoms with Crippen LogP contribution in [0.25, 0.3) is 0 Å². The molecule has 1 atom stereocenters. The molecular weight excluding hydrogens is 396 g/mol. The summed E-state index contributed by atoms with van der Waals surface area (Å²) in [4.78, 5) is 23.8. The highest BCUT2D eigenvalue weighted by Gasteiger charge is 2.18. The molecule has 0 aliphatic rings. The fourth-order valence-corrected chi connectivity index (χ4v) is 2.63. The molecule has 24 heavy (non-hydrogen) atoms. The molecule has 2 rings (SSSR count). The summed E-state index contributed by atoms with van der Waals surface area (Å²) in [6.07, 6.45) is -0.843. The first-order valence-corrected chi connectivity index (χ1v) is 8.37. The third-order valence-corrected chi connectivity index (χ3v) is 3.95. The summed E-state index contributed by atoms with van der Waals surface area (Å²) in [5, 5.41) is 5.41. The molecule has 0 aromatic heterocycles. The van der Waals surface area contributed by atoms with Gasteiger partial charge in [-0.2, -0.15) is 0 Å². The molecule has 2 aromatic rings. The van der Waals surface area contributed by atoms with Crippen molar-refractivity contribution >= 4 is 39.5 Å². The molecule has 2 aromatic carbocycles. The number of carbonyl (C=O) groups excluding carboxylic acids is 2. The van der Waals surface area contributed by atoms with E-state index >= 15 is 0 Å². The van der Waals surface area contributed by atoms with Crippen LogP contribution in [0.1, 0.15) is 12.5 Å². The number of nitrogens with one attached hydrogen (secondary N) is 2. The van der Waals surface area contributed by atoms with Crippen molar-refractivity contribution in [3.8, 4) is 5.75 Å². The van der Waals surface area contributed by atoms with E-state index in [4.69, 9.17) is 16.3 Å². The van der Waals surface area contributed by atoms with Crippen LogP contribution >= 0.6 is 27.5 Å². The first-order valence-electron chi connectivity index (χ1n) is 7.20. The van der Waals surface area contributed by atoms with Crippen LogP contribution in [0.2, 0.25) is 5.02 Å². The maximum Gasteiger partial charge on any atom is 0.321 e. The lowest BCUT2D eigenvalue weighted by atomic mass is 10.2. The van der Waals surface area contributed by atoms with Gasteiger partial charge in [0.1, 0.15) is 5.75 Å². The molecule has 0 fully saturated rings. The Hall–Kier alpha value is -2.05. The van der Waals surface area contributed by atoms with Crippen molar-refractivity contribution in [3.63, 3.8) is 0 Å². The number of benzene rings is 2. The van der Waals surface area contributed by atoms with Crippen molar-refractivity contribution < 1.29 is 14.3 Å². The monoisotopic (exact) mass is 410 g/mol. The molecule has 0 radical (unpaired) electrons. The molecule has 7 heteroatoms. The van der Waals surface area contributed by atoms with Gasteiger partial charge in [-0.15, -0.1) is 0 Å². The zero-order valence-electron chi connectivity index (χ0n) is 12.9. The maximum absolute atomic E-state index is 12.0. The average Bonchev–Trinajstić information content (AvgIpc) is 2.56. The second kappa shape index (κ2) is 8.70. The summed E-state index contributed by atoms with van der Waals surface area (Å²) in [5.74, 6) is -0.0749. The van der Waals surface area contributed by atoms with E-state index in [0.29, 0.717) is 21.8 Å². The second-order valence-electron chi connectivity index (χ2n) is 4.99. The van der Waals surface area contributed by atoms with Crippen molar-refractivity contribution in [3.05, 3.63) is 63.6 Å². The number of carbonyl (C=O) groups is 2. The summed E-state index contributed by atoms with van der Waals surface area (Å²) in [6.45, 7) is 1.89. The number of hydrogen-bond acceptors (Lipinski definition) is 3. The van der Waals surface area contributed by atoms with E-state index in [1.54, 1.807) is 25.1 Å². The molecule has 0 aliphatic heterocycles. The van der Waals surface area contributed by atoms with Crippen LogP contribution < -0.4 is 15.4 Å². The van der Waals surface area contributed by atoms with E-state index < -0.39 is 18.0 Å². The van der Waals surface area contributed by atoms with E-state index in [0.717, 1.165) is 5.56 Å². The van der Waals surface area contributed by atoms with Gasteiger partial charge in [0, 0.05) is 11.6 Å². The van der Waals surface area contributed by atoms with Crippen LogP contribution in [-0.2, 0) is 11.3 Å². The van der Waals surface area contributed by atoms with E-state index in [1.807, 2.05) is 30.3 Å². The first kappa shape index (κ1) is 18.3. The minimum Gasteiger partial charge on any atom is -0.480 e. The van der Waals surface area contributed by atoms with Gasteiger partial charge >= 0.3 is 6.03 Å². The van der Waals surface area contributed by atoms with Crippen LogP contribution in [0.3, 0.4) is 0 Å². The summed E-state index contributed by atoms with van der Waals surface area (Å²) < 4.78 is 6.16. The van der Waals surface area contributed by atoms with Gasteiger partial charge in [-0.3, -0.25) is 10.1 Å². The number of urea groups is 1. The van der Waals surface area contributed by atoms with Gasteiger partial charge in [-0.05, 0) is 46.6 Å². The van der Waals surface area contributed by atoms with E-state index in [-0.39, 0.29) is 0 Å². The standard InChI is InChI=1S/C17H16BrClN2O3/c1-11(24-15-8-7-13(19)9-14(15)18)16(22)21-17(23)20-10-12-5-3-2-4-6-12/h2-9,11H,10H2,1H3,(H2,20,21,22,23)/t11-/m0/s1. The molecule has 0 unspecified atom stereocenters. The SMILES string of the molecule is C[C@H](Oc1ccc(Cl)cc1Br)C(=O)NC(=O)NCc1ccccc1. The van der Waals surface area contributed by atoms with Crippen LogP contribution in [-0.4, -0.2) is 18.0 Å². The minimum absolute atomic E-state index is 0.331. The number of imide groups is 1. The molecule has 0 spiro atoms. The van der Waals surface area contributed by atoms with Gasteiger partial charge in [0.25, 0.3) is 5.91 Å². The Morgan fingerprint density at radius 3 is 2.58 bits per heavy atom. The number of halogens is 2. The fraction of sp³-hybridized carbons (Fsp3) is 0.176. The van der Waals surface area contributed by atoms with E-state index in [9.17, 15) is 9.59 Å². The number of amides is 3.